The Morgan fingerprint density at radius 3 is 2.57 bits per heavy atom. The van der Waals surface area contributed by atoms with E-state index in [0.717, 1.165) is 12.0 Å². The van der Waals surface area contributed by atoms with E-state index in [2.05, 4.69) is 29.2 Å². The first-order valence-electron chi connectivity index (χ1n) is 8.12. The summed E-state index contributed by atoms with van der Waals surface area (Å²) in [7, 11) is -3.43. The van der Waals surface area contributed by atoms with Crippen molar-refractivity contribution in [3.8, 4) is 0 Å². The van der Waals surface area contributed by atoms with Gasteiger partial charge in [0, 0.05) is 24.0 Å². The molecule has 2 aromatic rings. The zero-order valence-corrected chi connectivity index (χ0v) is 14.8. The molecule has 0 bridgehead atoms. The monoisotopic (exact) mass is 332 g/mol. The van der Waals surface area contributed by atoms with E-state index in [1.807, 2.05) is 13.0 Å². The first kappa shape index (κ1) is 16.3. The van der Waals surface area contributed by atoms with Crippen molar-refractivity contribution >= 4 is 10.0 Å². The van der Waals surface area contributed by atoms with Crippen molar-refractivity contribution in [1.82, 2.24) is 9.29 Å². The summed E-state index contributed by atoms with van der Waals surface area (Å²) in [4.78, 5) is 0.334. The fourth-order valence-electron chi connectivity index (χ4n) is 3.18. The van der Waals surface area contributed by atoms with Crippen LogP contribution in [0.15, 0.2) is 35.2 Å². The normalized spacial score (nSPS) is 15.1. The van der Waals surface area contributed by atoms with Crippen LogP contribution in [0.5, 0.6) is 0 Å². The Hall–Kier alpha value is -1.59. The van der Waals surface area contributed by atoms with E-state index in [-0.39, 0.29) is 0 Å². The Labute approximate surface area is 138 Å². The van der Waals surface area contributed by atoms with Crippen LogP contribution in [0.3, 0.4) is 0 Å². The highest BCUT2D eigenvalue weighted by molar-refractivity contribution is 7.89. The summed E-state index contributed by atoms with van der Waals surface area (Å²) < 4.78 is 29.8. The Balaban J connectivity index is 1.66. The second-order valence-corrected chi connectivity index (χ2v) is 8.23. The van der Waals surface area contributed by atoms with Crippen LogP contribution in [0, 0.1) is 20.8 Å². The molecule has 4 nitrogen and oxygen atoms in total. The molecule has 1 heterocycles. The van der Waals surface area contributed by atoms with Gasteiger partial charge in [0.15, 0.2) is 0 Å². The molecule has 124 valence electrons. The van der Waals surface area contributed by atoms with Crippen molar-refractivity contribution in [3.05, 3.63) is 52.8 Å². The van der Waals surface area contributed by atoms with Crippen LogP contribution in [-0.2, 0) is 16.4 Å². The van der Waals surface area contributed by atoms with Crippen LogP contribution in [-0.4, -0.2) is 19.5 Å². The zero-order chi connectivity index (χ0) is 16.6. The molecular weight excluding hydrogens is 308 g/mol. The summed E-state index contributed by atoms with van der Waals surface area (Å²) in [5.74, 6) is 0. The summed E-state index contributed by atoms with van der Waals surface area (Å²) in [6, 6.07) is 9.84. The number of rotatable bonds is 6. The van der Waals surface area contributed by atoms with Gasteiger partial charge in [0.1, 0.15) is 0 Å². The maximum Gasteiger partial charge on any atom is 0.240 e. The predicted molar refractivity (Wildman–Crippen MR) is 92.2 cm³/mol. The van der Waals surface area contributed by atoms with E-state index in [1.165, 1.54) is 29.8 Å². The second-order valence-electron chi connectivity index (χ2n) is 6.46. The fraction of sp³-hybridized carbons (Fsp3) is 0.444. The summed E-state index contributed by atoms with van der Waals surface area (Å²) in [6.07, 6.45) is 3.24. The summed E-state index contributed by atoms with van der Waals surface area (Å²) in [6.45, 7) is 6.58. The van der Waals surface area contributed by atoms with E-state index in [1.54, 1.807) is 18.2 Å². The highest BCUT2D eigenvalue weighted by Crippen LogP contribution is 2.38. The number of nitrogens with one attached hydrogen (secondary N) is 1. The van der Waals surface area contributed by atoms with Crippen LogP contribution >= 0.6 is 0 Å². The van der Waals surface area contributed by atoms with Crippen molar-refractivity contribution < 1.29 is 8.42 Å². The first-order chi connectivity index (χ1) is 10.9. The third-order valence-corrected chi connectivity index (χ3v) is 5.95. The molecule has 1 aromatic heterocycles. The number of hydrogen-bond donors (Lipinski definition) is 1. The third-order valence-electron chi connectivity index (χ3n) is 4.49. The van der Waals surface area contributed by atoms with E-state index in [4.69, 9.17) is 0 Å². The molecule has 0 spiro atoms. The quantitative estimate of drug-likeness (QED) is 0.882. The average Bonchev–Trinajstić information content (AvgIpc) is 3.26. The van der Waals surface area contributed by atoms with Gasteiger partial charge >= 0.3 is 0 Å². The molecular formula is C18H24N2O2S. The highest BCUT2D eigenvalue weighted by Gasteiger charge is 2.26. The molecule has 1 aliphatic carbocycles. The lowest BCUT2D eigenvalue weighted by molar-refractivity contribution is 0.581. The third kappa shape index (κ3) is 3.51. The predicted octanol–water partition coefficient (Wildman–Crippen LogP) is 3.27. The summed E-state index contributed by atoms with van der Waals surface area (Å²) in [5, 5.41) is 0. The van der Waals surface area contributed by atoms with Crippen molar-refractivity contribution in [3.63, 3.8) is 0 Å². The maximum atomic E-state index is 12.3. The van der Waals surface area contributed by atoms with Crippen molar-refractivity contribution in [2.75, 3.05) is 6.54 Å². The van der Waals surface area contributed by atoms with Crippen molar-refractivity contribution in [2.45, 2.75) is 51.0 Å². The van der Waals surface area contributed by atoms with Gasteiger partial charge in [-0.05, 0) is 69.4 Å². The van der Waals surface area contributed by atoms with Gasteiger partial charge in [0.05, 0.1) is 4.90 Å². The molecule has 1 aliphatic rings. The summed E-state index contributed by atoms with van der Waals surface area (Å²) >= 11 is 0. The van der Waals surface area contributed by atoms with Gasteiger partial charge in [-0.15, -0.1) is 0 Å². The number of aromatic nitrogens is 1. The number of sulfonamides is 1. The molecule has 3 rings (SSSR count). The van der Waals surface area contributed by atoms with Crippen LogP contribution in [0.2, 0.25) is 0 Å². The van der Waals surface area contributed by atoms with Gasteiger partial charge in [-0.2, -0.15) is 0 Å². The molecule has 1 N–H and O–H groups in total. The highest BCUT2D eigenvalue weighted by atomic mass is 32.2. The Kier molecular flexibility index (Phi) is 4.34. The molecule has 0 radical (unpaired) electrons. The van der Waals surface area contributed by atoms with Gasteiger partial charge < -0.3 is 4.57 Å². The van der Waals surface area contributed by atoms with Crippen LogP contribution in [0.1, 0.15) is 41.4 Å². The second kappa shape index (κ2) is 6.13. The van der Waals surface area contributed by atoms with Crippen LogP contribution in [0.4, 0.5) is 0 Å². The minimum atomic E-state index is -3.43. The van der Waals surface area contributed by atoms with E-state index >= 15 is 0 Å². The molecule has 1 fully saturated rings. The molecule has 0 aliphatic heterocycles. The number of hydrogen-bond acceptors (Lipinski definition) is 2. The standard InChI is InChI=1S/C18H24N2O2S/c1-13-5-4-6-18(11-13)23(21,22)19-10-9-16-12-14(2)20(15(16)3)17-7-8-17/h4-6,11-12,17,19H,7-10H2,1-3H3. The number of benzene rings is 1. The molecule has 1 aromatic carbocycles. The minimum Gasteiger partial charge on any atom is -0.346 e. The van der Waals surface area contributed by atoms with Gasteiger partial charge in [-0.25, -0.2) is 13.1 Å². The van der Waals surface area contributed by atoms with E-state index in [0.29, 0.717) is 17.5 Å². The first-order valence-corrected chi connectivity index (χ1v) is 9.60. The van der Waals surface area contributed by atoms with E-state index < -0.39 is 10.0 Å². The molecule has 23 heavy (non-hydrogen) atoms. The lowest BCUT2D eigenvalue weighted by atomic mass is 10.2. The van der Waals surface area contributed by atoms with Crippen LogP contribution < -0.4 is 4.72 Å². The Bertz CT molecular complexity index is 818. The van der Waals surface area contributed by atoms with Gasteiger partial charge in [0.2, 0.25) is 10.0 Å². The number of nitrogens with zero attached hydrogens (tertiary/aromatic N) is 1. The van der Waals surface area contributed by atoms with Crippen molar-refractivity contribution in [2.24, 2.45) is 0 Å². The van der Waals surface area contributed by atoms with Gasteiger partial charge in [0.25, 0.3) is 0 Å². The van der Waals surface area contributed by atoms with E-state index in [9.17, 15) is 8.42 Å². The molecule has 0 unspecified atom stereocenters. The van der Waals surface area contributed by atoms with Crippen LogP contribution in [0.25, 0.3) is 0 Å². The summed E-state index contributed by atoms with van der Waals surface area (Å²) in [5.41, 5.74) is 4.74. The van der Waals surface area contributed by atoms with Gasteiger partial charge in [-0.1, -0.05) is 12.1 Å². The minimum absolute atomic E-state index is 0.334. The lowest BCUT2D eigenvalue weighted by Gasteiger charge is -2.09. The molecule has 1 saturated carbocycles. The molecule has 0 saturated heterocycles. The molecule has 0 atom stereocenters. The average molecular weight is 332 g/mol. The fourth-order valence-corrected chi connectivity index (χ4v) is 4.32. The van der Waals surface area contributed by atoms with Crippen molar-refractivity contribution in [1.29, 1.82) is 0 Å². The molecule has 0 amide bonds. The SMILES string of the molecule is Cc1cccc(S(=O)(=O)NCCc2cc(C)n(C3CC3)c2C)c1. The number of aryl methyl sites for hydroxylation is 2. The maximum absolute atomic E-state index is 12.3. The molecule has 5 heteroatoms. The zero-order valence-electron chi connectivity index (χ0n) is 14.0. The topological polar surface area (TPSA) is 51.1 Å². The Morgan fingerprint density at radius 1 is 1.17 bits per heavy atom. The smallest absolute Gasteiger partial charge is 0.240 e. The van der Waals surface area contributed by atoms with Gasteiger partial charge in [-0.3, -0.25) is 0 Å². The Morgan fingerprint density at radius 2 is 1.91 bits per heavy atom. The largest absolute Gasteiger partial charge is 0.346 e. The lowest BCUT2D eigenvalue weighted by Crippen LogP contribution is -2.26.